The number of furan rings is 1. The van der Waals surface area contributed by atoms with Gasteiger partial charge in [0.2, 0.25) is 0 Å². The molecular weight excluding hydrogens is 518 g/mol. The Hall–Kier alpha value is -3.81. The third-order valence-electron chi connectivity index (χ3n) is 6.48. The number of halogens is 1. The SMILES string of the molecule is CCN(CC)CCCOc1ccc(C(=O)c2c(-c3ccc(OCC(=O)OC)cc3)oc3ccc(Cl)cc23)cc1. The fraction of sp³-hybridized carbons (Fsp3) is 0.290. The van der Waals surface area contributed by atoms with E-state index < -0.39 is 5.97 Å². The molecule has 7 nitrogen and oxygen atoms in total. The first-order chi connectivity index (χ1) is 18.9. The minimum atomic E-state index is -0.475. The van der Waals surface area contributed by atoms with Crippen LogP contribution in [-0.2, 0) is 9.53 Å². The van der Waals surface area contributed by atoms with E-state index in [4.69, 9.17) is 25.5 Å². The van der Waals surface area contributed by atoms with Crippen molar-refractivity contribution in [1.82, 2.24) is 4.90 Å². The average Bonchev–Trinajstić information content (AvgIpc) is 3.34. The van der Waals surface area contributed by atoms with Gasteiger partial charge in [0.15, 0.2) is 12.4 Å². The number of rotatable bonds is 13. The van der Waals surface area contributed by atoms with Crippen LogP contribution in [-0.4, -0.2) is 56.6 Å². The molecular formula is C31H32ClNO6. The standard InChI is InChI=1S/C31H32ClNO6/c1-4-33(5-2)17-6-18-37-24-12-7-21(8-13-24)30(35)29-26-19-23(32)11-16-27(26)39-31(29)22-9-14-25(15-10-22)38-20-28(34)36-3/h7-16,19H,4-6,17-18,20H2,1-3H3. The molecule has 0 spiro atoms. The number of benzene rings is 3. The Balaban J connectivity index is 1.56. The molecule has 1 aromatic heterocycles. The highest BCUT2D eigenvalue weighted by Crippen LogP contribution is 2.37. The van der Waals surface area contributed by atoms with Crippen molar-refractivity contribution in [3.8, 4) is 22.8 Å². The van der Waals surface area contributed by atoms with Crippen LogP contribution < -0.4 is 9.47 Å². The molecule has 0 bridgehead atoms. The minimum absolute atomic E-state index is 0.190. The lowest BCUT2D eigenvalue weighted by atomic mass is 9.97. The normalized spacial score (nSPS) is 11.1. The van der Waals surface area contributed by atoms with Crippen LogP contribution in [0, 0.1) is 0 Å². The second kappa shape index (κ2) is 13.3. The van der Waals surface area contributed by atoms with E-state index in [9.17, 15) is 9.59 Å². The molecule has 0 N–H and O–H groups in total. The van der Waals surface area contributed by atoms with E-state index in [-0.39, 0.29) is 12.4 Å². The van der Waals surface area contributed by atoms with Crippen LogP contribution in [0.1, 0.15) is 36.2 Å². The molecule has 4 rings (SSSR count). The van der Waals surface area contributed by atoms with Gasteiger partial charge in [-0.25, -0.2) is 4.79 Å². The van der Waals surface area contributed by atoms with Crippen LogP contribution in [0.2, 0.25) is 5.02 Å². The molecule has 0 atom stereocenters. The Morgan fingerprint density at radius 3 is 2.23 bits per heavy atom. The molecule has 0 aliphatic rings. The van der Waals surface area contributed by atoms with Crippen molar-refractivity contribution in [1.29, 1.82) is 0 Å². The largest absolute Gasteiger partial charge is 0.494 e. The van der Waals surface area contributed by atoms with Crippen LogP contribution in [0.5, 0.6) is 11.5 Å². The summed E-state index contributed by atoms with van der Waals surface area (Å²) in [4.78, 5) is 27.5. The van der Waals surface area contributed by atoms with Crippen molar-refractivity contribution < 1.29 is 28.2 Å². The van der Waals surface area contributed by atoms with Crippen LogP contribution in [0.4, 0.5) is 0 Å². The van der Waals surface area contributed by atoms with Crippen molar-refractivity contribution in [2.45, 2.75) is 20.3 Å². The van der Waals surface area contributed by atoms with Crippen LogP contribution in [0.25, 0.3) is 22.3 Å². The Morgan fingerprint density at radius 1 is 0.897 bits per heavy atom. The maximum Gasteiger partial charge on any atom is 0.343 e. The molecule has 0 radical (unpaired) electrons. The summed E-state index contributed by atoms with van der Waals surface area (Å²) >= 11 is 6.28. The Bertz CT molecular complexity index is 1410. The summed E-state index contributed by atoms with van der Waals surface area (Å²) in [6.07, 6.45) is 0.931. The fourth-order valence-electron chi connectivity index (χ4n) is 4.27. The number of nitrogens with zero attached hydrogens (tertiary/aromatic N) is 1. The summed E-state index contributed by atoms with van der Waals surface area (Å²) in [6, 6.07) is 19.3. The summed E-state index contributed by atoms with van der Waals surface area (Å²) in [5, 5.41) is 1.13. The quantitative estimate of drug-likeness (QED) is 0.105. The lowest BCUT2D eigenvalue weighted by Crippen LogP contribution is -2.25. The monoisotopic (exact) mass is 549 g/mol. The van der Waals surface area contributed by atoms with Gasteiger partial charge in [0.25, 0.3) is 0 Å². The van der Waals surface area contributed by atoms with Gasteiger partial charge in [-0.2, -0.15) is 0 Å². The van der Waals surface area contributed by atoms with E-state index in [2.05, 4.69) is 23.5 Å². The van der Waals surface area contributed by atoms with Crippen LogP contribution in [0.3, 0.4) is 0 Å². The van der Waals surface area contributed by atoms with Crippen molar-refractivity contribution >= 4 is 34.3 Å². The first-order valence-electron chi connectivity index (χ1n) is 13.0. The smallest absolute Gasteiger partial charge is 0.343 e. The summed E-state index contributed by atoms with van der Waals surface area (Å²) in [6.45, 7) is 7.75. The molecule has 39 heavy (non-hydrogen) atoms. The van der Waals surface area contributed by atoms with Crippen molar-refractivity contribution in [3.05, 3.63) is 82.9 Å². The van der Waals surface area contributed by atoms with Gasteiger partial charge >= 0.3 is 5.97 Å². The van der Waals surface area contributed by atoms with E-state index >= 15 is 0 Å². The van der Waals surface area contributed by atoms with E-state index in [0.29, 0.717) is 56.5 Å². The van der Waals surface area contributed by atoms with E-state index in [1.165, 1.54) is 7.11 Å². The maximum absolute atomic E-state index is 13.8. The second-order valence-corrected chi connectivity index (χ2v) is 9.35. The van der Waals surface area contributed by atoms with Gasteiger partial charge < -0.3 is 23.5 Å². The second-order valence-electron chi connectivity index (χ2n) is 8.92. The van der Waals surface area contributed by atoms with Gasteiger partial charge in [-0.05, 0) is 86.2 Å². The summed E-state index contributed by atoms with van der Waals surface area (Å²) < 4.78 is 22.1. The van der Waals surface area contributed by atoms with E-state index in [0.717, 1.165) is 26.1 Å². The predicted molar refractivity (Wildman–Crippen MR) is 152 cm³/mol. The predicted octanol–water partition coefficient (Wildman–Crippen LogP) is 6.65. The lowest BCUT2D eigenvalue weighted by Gasteiger charge is -2.17. The summed E-state index contributed by atoms with van der Waals surface area (Å²) in [5.41, 5.74) is 2.16. The first-order valence-corrected chi connectivity index (χ1v) is 13.3. The number of hydrogen-bond acceptors (Lipinski definition) is 7. The van der Waals surface area contributed by atoms with Gasteiger partial charge in [0, 0.05) is 28.1 Å². The molecule has 3 aromatic carbocycles. The zero-order valence-corrected chi connectivity index (χ0v) is 23.1. The highest BCUT2D eigenvalue weighted by atomic mass is 35.5. The zero-order chi connectivity index (χ0) is 27.8. The topological polar surface area (TPSA) is 78.2 Å². The Kier molecular flexibility index (Phi) is 9.63. The maximum atomic E-state index is 13.8. The minimum Gasteiger partial charge on any atom is -0.494 e. The van der Waals surface area contributed by atoms with Crippen molar-refractivity contribution in [2.75, 3.05) is 40.0 Å². The average molecular weight is 550 g/mol. The lowest BCUT2D eigenvalue weighted by molar-refractivity contribution is -0.142. The molecule has 204 valence electrons. The van der Waals surface area contributed by atoms with Crippen molar-refractivity contribution in [3.63, 3.8) is 0 Å². The van der Waals surface area contributed by atoms with Gasteiger partial charge in [-0.15, -0.1) is 0 Å². The van der Waals surface area contributed by atoms with Gasteiger partial charge in [0.05, 0.1) is 19.3 Å². The third kappa shape index (κ3) is 6.99. The molecule has 0 saturated heterocycles. The number of ketones is 1. The Morgan fingerprint density at radius 2 is 1.56 bits per heavy atom. The van der Waals surface area contributed by atoms with Crippen LogP contribution >= 0.6 is 11.6 Å². The number of carbonyl (C=O) groups excluding carboxylic acids is 2. The van der Waals surface area contributed by atoms with Gasteiger partial charge in [-0.3, -0.25) is 4.79 Å². The number of esters is 1. The third-order valence-corrected chi connectivity index (χ3v) is 6.71. The number of carbonyl (C=O) groups is 2. The molecule has 0 saturated carbocycles. The molecule has 0 aliphatic carbocycles. The number of hydrogen-bond donors (Lipinski definition) is 0. The molecule has 0 unspecified atom stereocenters. The number of ether oxygens (including phenoxy) is 3. The summed E-state index contributed by atoms with van der Waals surface area (Å²) in [7, 11) is 1.30. The van der Waals surface area contributed by atoms with Gasteiger partial charge in [0.1, 0.15) is 22.8 Å². The molecule has 8 heteroatoms. The molecule has 0 aliphatic heterocycles. The van der Waals surface area contributed by atoms with E-state index in [1.54, 1.807) is 54.6 Å². The summed E-state index contributed by atoms with van der Waals surface area (Å²) in [5.74, 6) is 0.966. The first kappa shape index (κ1) is 28.2. The molecule has 0 amide bonds. The van der Waals surface area contributed by atoms with Crippen molar-refractivity contribution in [2.24, 2.45) is 0 Å². The van der Waals surface area contributed by atoms with Gasteiger partial charge in [-0.1, -0.05) is 25.4 Å². The molecule has 0 fully saturated rings. The van der Waals surface area contributed by atoms with Crippen LogP contribution in [0.15, 0.2) is 71.1 Å². The zero-order valence-electron chi connectivity index (χ0n) is 22.4. The fourth-order valence-corrected chi connectivity index (χ4v) is 4.44. The Labute approximate surface area is 233 Å². The number of methoxy groups -OCH3 is 1. The highest BCUT2D eigenvalue weighted by Gasteiger charge is 2.24. The highest BCUT2D eigenvalue weighted by molar-refractivity contribution is 6.32. The molecule has 1 heterocycles. The molecule has 4 aromatic rings. The van der Waals surface area contributed by atoms with E-state index in [1.807, 2.05) is 12.1 Å². The number of fused-ring (bicyclic) bond motifs is 1.